The van der Waals surface area contributed by atoms with E-state index in [0.717, 1.165) is 91.1 Å². The van der Waals surface area contributed by atoms with Crippen LogP contribution in [-0.4, -0.2) is 157 Å². The van der Waals surface area contributed by atoms with Gasteiger partial charge in [0.05, 0.1) is 85.7 Å². The van der Waals surface area contributed by atoms with Gasteiger partial charge in [-0.25, -0.2) is 13.1 Å². The number of hydrogen-bond acceptors (Lipinski definition) is 19. The van der Waals surface area contributed by atoms with E-state index in [1.807, 2.05) is 104 Å². The Kier molecular flexibility index (Phi) is 26.7. The predicted molar refractivity (Wildman–Crippen MR) is 528 cm³/mol. The number of aromatic nitrogens is 4. The van der Waals surface area contributed by atoms with Gasteiger partial charge in [0.1, 0.15) is 11.4 Å². The number of benzene rings is 8. The molecular formula is C103H130F9N9O19S. The Morgan fingerprint density at radius 3 is 1.06 bits per heavy atom. The monoisotopic (exact) mass is 2000 g/mol. The molecule has 11 N–H and O–H groups in total. The SMILES string of the molecule is CCS(=O)(=O)NC[C@H](O)Cn1c(C(C)(C)C)cc2cc(NC(=O)C3(c4ccc5c(c4)OC(F)(F)O5)CC3)ccc21.COc1ccc(C2(C(=O)Nc3ccc4c(c3)cc(C(C)(C)C)n4C[C@@H](O)CO)CC2)cc1.O=C(Nc1ccc2c(c1)cc(C(F)(F)F)n2C[C@@H](O)CO)C1(c2ccc3c(c2)OC(F)(F)O3)CC1.O=C(Nc1ccc2c(c1)cc(C1CCC1)n2CCCO)C1(c2ccc3c(c2)OC(F)(F)O3)CC1.[HH].[HH].[HH].[HH].[HH].[HH].[HH].[HH].[HH].[HH]. The number of nitrogens with one attached hydrogen (secondary N) is 5. The Hall–Kier alpha value is -12.6. The largest absolute Gasteiger partial charge is 0.586 e. The normalized spacial score (nSPS) is 18.1. The summed E-state index contributed by atoms with van der Waals surface area (Å²) in [6.07, 6.45) is -9.77. The van der Waals surface area contributed by atoms with E-state index in [0.29, 0.717) is 85.5 Å². The fraction of sp³-hybridized carbons (Fsp3) is 0.417. The summed E-state index contributed by atoms with van der Waals surface area (Å²) in [7, 11) is -1.80. The number of nitrogens with zero attached hydrogens (tertiary/aromatic N) is 4. The first kappa shape index (κ1) is 100.0. The van der Waals surface area contributed by atoms with E-state index >= 15 is 0 Å². The van der Waals surface area contributed by atoms with Crippen LogP contribution in [0.4, 0.5) is 62.3 Å². The maximum atomic E-state index is 13.5. The number of anilines is 4. The molecular weight excluding hydrogens is 1870 g/mol. The maximum Gasteiger partial charge on any atom is 0.586 e. The van der Waals surface area contributed by atoms with E-state index < -0.39 is 99.8 Å². The second-order valence-electron chi connectivity index (χ2n) is 39.4. The first-order chi connectivity index (χ1) is 66.6. The molecule has 0 unspecified atom stereocenters. The third-order valence-corrected chi connectivity index (χ3v) is 28.7. The summed E-state index contributed by atoms with van der Waals surface area (Å²) in [5, 5.41) is 73.0. The lowest BCUT2D eigenvalue weighted by molar-refractivity contribution is -0.287. The van der Waals surface area contributed by atoms with Gasteiger partial charge in [-0.3, -0.25) is 19.2 Å². The number of fused-ring (bicyclic) bond motifs is 7. The van der Waals surface area contributed by atoms with Crippen molar-refractivity contribution in [2.75, 3.05) is 60.5 Å². The zero-order valence-corrected chi connectivity index (χ0v) is 79.3. The minimum atomic E-state index is -4.70. The van der Waals surface area contributed by atoms with E-state index in [9.17, 15) is 92.6 Å². The van der Waals surface area contributed by atoms with Gasteiger partial charge >= 0.3 is 25.1 Å². The Morgan fingerprint density at radius 1 is 0.433 bits per heavy atom. The number of rotatable bonds is 29. The van der Waals surface area contributed by atoms with Crippen LogP contribution in [0.15, 0.2) is 176 Å². The molecule has 12 aromatic rings. The standard InChI is InChI=1S/C28H33F2N3O6S.C26H26F2N2O4.C26H32N2O4.C23H19F5N2O5.10H2/c1-5-40(36,37)31-15-20(34)16-33-21-8-7-19(12-17(21)13-24(33)26(2,3)4)32-25(35)27(10-11-27)18-6-9-22-23(14-18)39-28(29,30)38-22;27-26(28)33-22-8-5-18(15-23(22)34-26)25(9-10-25)24(32)29-19-6-7-20-17(13-19)14-21(16-3-1-4-16)30(20)11-2-12-31;1-25(2,3)23-14-17-13-19(7-10-22(17)28(23)15-20(30)16-29)27-24(31)26(11-12-26)18-5-8-21(32-4)9-6-18;24-22(25,26)19-8-12-7-14(2-3-16(12)30(19)10-15(32)11-31)29-20(33)21(5-6-21)13-1-4-17-18(9-13)35-23(27,28)34-17;;;;;;;;;;/h6-9,12-14,20,31,34H,5,10-11,15-16H2,1-4H3,(H,32,35);5-8,13-16,31H,1-4,9-12H2,(H,29,32);5-10,13-14,20,29-30H,11-12,15-16H2,1-4H3,(H,27,31);1-4,7-9,15,31-32H,5-6,10-11H2,(H,29,33);10*1H/t20-;;20-;15-;;;;;;;;;;/m0.11........../s1. The van der Waals surface area contributed by atoms with Gasteiger partial charge in [-0.05, 0) is 251 Å². The number of sulfonamides is 1. The number of alkyl halides is 9. The Bertz CT molecular complexity index is 6980. The smallest absolute Gasteiger partial charge is 0.497 e. The summed E-state index contributed by atoms with van der Waals surface area (Å²) < 4.78 is 186. The van der Waals surface area contributed by atoms with Crippen LogP contribution in [0, 0.1) is 0 Å². The molecule has 38 heteroatoms. The second-order valence-corrected chi connectivity index (χ2v) is 41.5. The van der Waals surface area contributed by atoms with Gasteiger partial charge in [0, 0.05) is 128 Å². The summed E-state index contributed by atoms with van der Waals surface area (Å²) in [6.45, 7) is 13.9. The predicted octanol–water partition coefficient (Wildman–Crippen LogP) is 19.9. The number of aryl methyl sites for hydroxylation is 1. The van der Waals surface area contributed by atoms with Crippen molar-refractivity contribution >= 4 is 100 Å². The Labute approximate surface area is 819 Å². The number of aliphatic hydroxyl groups is 6. The van der Waals surface area contributed by atoms with Crippen molar-refractivity contribution in [1.29, 1.82) is 0 Å². The van der Waals surface area contributed by atoms with Crippen molar-refractivity contribution < 1.29 is 145 Å². The number of amides is 4. The van der Waals surface area contributed by atoms with Crippen molar-refractivity contribution in [3.63, 3.8) is 0 Å². The minimum absolute atomic E-state index is 0. The van der Waals surface area contributed by atoms with Crippen LogP contribution in [0.2, 0.25) is 0 Å². The highest BCUT2D eigenvalue weighted by atomic mass is 32.2. The Morgan fingerprint density at radius 2 is 0.752 bits per heavy atom. The van der Waals surface area contributed by atoms with Crippen molar-refractivity contribution in [2.24, 2.45) is 0 Å². The molecule has 3 aliphatic heterocycles. The molecule has 5 saturated carbocycles. The van der Waals surface area contributed by atoms with Crippen LogP contribution in [0.5, 0.6) is 40.2 Å². The van der Waals surface area contributed by atoms with Gasteiger partial charge in [-0.2, -0.15) is 13.2 Å². The van der Waals surface area contributed by atoms with Gasteiger partial charge in [-0.15, -0.1) is 26.3 Å². The number of aliphatic hydroxyl groups excluding tert-OH is 6. The molecule has 28 nitrogen and oxygen atoms in total. The summed E-state index contributed by atoms with van der Waals surface area (Å²) in [6, 6.07) is 49.5. The van der Waals surface area contributed by atoms with Crippen molar-refractivity contribution in [2.45, 2.75) is 233 Å². The molecule has 5 aliphatic carbocycles. The molecule has 141 heavy (non-hydrogen) atoms. The lowest BCUT2D eigenvalue weighted by Crippen LogP contribution is -2.36. The molecule has 8 aliphatic rings. The van der Waals surface area contributed by atoms with Crippen LogP contribution in [0.25, 0.3) is 43.6 Å². The first-order valence-electron chi connectivity index (χ1n) is 46.7. The van der Waals surface area contributed by atoms with Crippen LogP contribution in [0.3, 0.4) is 0 Å². The van der Waals surface area contributed by atoms with Gasteiger partial charge in [0.25, 0.3) is 0 Å². The van der Waals surface area contributed by atoms with Crippen LogP contribution in [0.1, 0.15) is 191 Å². The van der Waals surface area contributed by atoms with Crippen LogP contribution >= 0.6 is 0 Å². The minimum Gasteiger partial charge on any atom is -0.497 e. The van der Waals surface area contributed by atoms with Gasteiger partial charge < -0.3 is 103 Å². The van der Waals surface area contributed by atoms with Crippen molar-refractivity contribution in [3.05, 3.63) is 221 Å². The molecule has 0 radical (unpaired) electrons. The summed E-state index contributed by atoms with van der Waals surface area (Å²) in [4.78, 5) is 53.0. The van der Waals surface area contributed by atoms with E-state index in [1.165, 1.54) is 92.5 Å². The highest BCUT2D eigenvalue weighted by molar-refractivity contribution is 7.89. The average Bonchev–Trinajstić information content (AvgIpc) is 1.60. The molecule has 8 aromatic carbocycles. The second kappa shape index (κ2) is 37.7. The summed E-state index contributed by atoms with van der Waals surface area (Å²) in [5.41, 5.74) is 6.88. The molecule has 770 valence electrons. The number of carbonyl (C=O) groups excluding carboxylic acids is 4. The third kappa shape index (κ3) is 20.9. The third-order valence-electron chi connectivity index (χ3n) is 27.3. The number of hydrogen-bond donors (Lipinski definition) is 11. The summed E-state index contributed by atoms with van der Waals surface area (Å²) in [5.74, 6) is -0.121. The number of methoxy groups -OCH3 is 1. The molecule has 7 heterocycles. The first-order valence-corrected chi connectivity index (χ1v) is 48.3. The van der Waals surface area contributed by atoms with Crippen LogP contribution in [-0.2, 0) is 94.0 Å². The van der Waals surface area contributed by atoms with Gasteiger partial charge in [0.15, 0.2) is 34.5 Å². The molecule has 0 bridgehead atoms. The number of carbonyl (C=O) groups is 4. The highest BCUT2D eigenvalue weighted by Gasteiger charge is 2.57. The quantitative estimate of drug-likeness (QED) is 0.0194. The molecule has 3 atom stereocenters. The fourth-order valence-corrected chi connectivity index (χ4v) is 19.5. The molecule has 0 saturated heterocycles. The molecule has 0 spiro atoms. The average molecular weight is 2000 g/mol. The van der Waals surface area contributed by atoms with Gasteiger partial charge in [-0.1, -0.05) is 78.3 Å². The molecule has 5 fully saturated rings. The zero-order valence-electron chi connectivity index (χ0n) is 78.5. The van der Waals surface area contributed by atoms with E-state index in [-0.39, 0.29) is 126 Å². The molecule has 4 amide bonds. The van der Waals surface area contributed by atoms with Gasteiger partial charge in [0.2, 0.25) is 33.7 Å². The van der Waals surface area contributed by atoms with Crippen molar-refractivity contribution in [1.82, 2.24) is 23.0 Å². The van der Waals surface area contributed by atoms with E-state index in [4.69, 9.17) is 9.84 Å². The lowest BCUT2D eigenvalue weighted by Gasteiger charge is -2.27. The molecule has 4 aromatic heterocycles. The Balaban J connectivity index is 0.000000267. The highest BCUT2D eigenvalue weighted by Crippen LogP contribution is 2.57. The lowest BCUT2D eigenvalue weighted by atomic mass is 9.83. The van der Waals surface area contributed by atoms with Crippen molar-refractivity contribution in [3.8, 4) is 40.2 Å². The fourth-order valence-electron chi connectivity index (χ4n) is 18.9. The summed E-state index contributed by atoms with van der Waals surface area (Å²) >= 11 is 0. The topological polar surface area (TPSA) is 368 Å². The van der Waals surface area contributed by atoms with E-state index in [1.54, 1.807) is 25.3 Å². The van der Waals surface area contributed by atoms with Crippen LogP contribution < -0.4 is 59.1 Å². The maximum absolute atomic E-state index is 13.5. The zero-order chi connectivity index (χ0) is 101. The number of ether oxygens (including phenoxy) is 7. The van der Waals surface area contributed by atoms with E-state index in [2.05, 4.69) is 96.4 Å². The molecule has 20 rings (SSSR count). The number of halogens is 9.